The Balaban J connectivity index is 2.77. The summed E-state index contributed by atoms with van der Waals surface area (Å²) in [6, 6.07) is -0.0449. The highest BCUT2D eigenvalue weighted by atomic mass is 35.5. The van der Waals surface area contributed by atoms with E-state index >= 15 is 0 Å². The van der Waals surface area contributed by atoms with Gasteiger partial charge < -0.3 is 5.32 Å². The van der Waals surface area contributed by atoms with Gasteiger partial charge >= 0.3 is 0 Å². The lowest BCUT2D eigenvalue weighted by Crippen LogP contribution is -2.27. The van der Waals surface area contributed by atoms with Gasteiger partial charge in [0, 0.05) is 17.8 Å². The Morgan fingerprint density at radius 3 is 2.87 bits per heavy atom. The van der Waals surface area contributed by atoms with Gasteiger partial charge in [-0.1, -0.05) is 0 Å². The lowest BCUT2D eigenvalue weighted by molar-refractivity contribution is -0.119. The molecule has 1 aromatic rings. The van der Waals surface area contributed by atoms with Crippen LogP contribution < -0.4 is 5.32 Å². The van der Waals surface area contributed by atoms with Crippen LogP contribution in [0.5, 0.6) is 0 Å². The van der Waals surface area contributed by atoms with Crippen molar-refractivity contribution in [2.75, 3.05) is 5.88 Å². The first-order chi connectivity index (χ1) is 7.10. The predicted octanol–water partition coefficient (Wildman–Crippen LogP) is 1.63. The summed E-state index contributed by atoms with van der Waals surface area (Å²) in [6.45, 7) is 6.79. The Morgan fingerprint density at radius 1 is 1.73 bits per heavy atom. The molecule has 1 unspecified atom stereocenters. The zero-order chi connectivity index (χ0) is 11.4. The number of nitrogens with zero attached hydrogens (tertiary/aromatic N) is 2. The summed E-state index contributed by atoms with van der Waals surface area (Å²) in [5.41, 5.74) is 2.12. The number of halogens is 1. The molecule has 0 aromatic carbocycles. The summed E-state index contributed by atoms with van der Waals surface area (Å²) in [5, 5.41) is 7.02. The molecule has 0 aliphatic carbocycles. The van der Waals surface area contributed by atoms with Gasteiger partial charge in [-0.05, 0) is 20.8 Å². The van der Waals surface area contributed by atoms with E-state index in [1.54, 1.807) is 6.20 Å². The van der Waals surface area contributed by atoms with Crippen LogP contribution in [0, 0.1) is 6.92 Å². The number of hydrogen-bond acceptors (Lipinski definition) is 2. The molecule has 0 aliphatic heterocycles. The molecular weight excluding hydrogens is 214 g/mol. The molecule has 84 valence electrons. The second-order valence-electron chi connectivity index (χ2n) is 3.42. The van der Waals surface area contributed by atoms with E-state index in [2.05, 4.69) is 10.4 Å². The minimum atomic E-state index is -0.159. The zero-order valence-electron chi connectivity index (χ0n) is 9.25. The molecule has 1 aromatic heterocycles. The second-order valence-corrected chi connectivity index (χ2v) is 3.69. The number of alkyl halides is 1. The number of hydrogen-bond donors (Lipinski definition) is 1. The fourth-order valence-electron chi connectivity index (χ4n) is 1.56. The van der Waals surface area contributed by atoms with Gasteiger partial charge in [-0.25, -0.2) is 0 Å². The van der Waals surface area contributed by atoms with Crippen molar-refractivity contribution in [1.29, 1.82) is 0 Å². The number of rotatable bonds is 4. The van der Waals surface area contributed by atoms with E-state index in [0.29, 0.717) is 0 Å². The van der Waals surface area contributed by atoms with Crippen LogP contribution in [-0.2, 0) is 11.3 Å². The van der Waals surface area contributed by atoms with Crippen molar-refractivity contribution >= 4 is 17.5 Å². The average Bonchev–Trinajstić information content (AvgIpc) is 2.59. The van der Waals surface area contributed by atoms with Crippen molar-refractivity contribution in [1.82, 2.24) is 15.1 Å². The molecule has 0 radical (unpaired) electrons. The van der Waals surface area contributed by atoms with E-state index in [4.69, 9.17) is 11.6 Å². The van der Waals surface area contributed by atoms with Gasteiger partial charge in [0.1, 0.15) is 5.88 Å². The number of carbonyl (C=O) groups excluding carboxylic acids is 1. The van der Waals surface area contributed by atoms with Crippen LogP contribution >= 0.6 is 11.6 Å². The van der Waals surface area contributed by atoms with E-state index in [1.807, 2.05) is 25.5 Å². The Hall–Kier alpha value is -1.03. The Kier molecular flexibility index (Phi) is 4.15. The van der Waals surface area contributed by atoms with Gasteiger partial charge in [0.2, 0.25) is 5.91 Å². The largest absolute Gasteiger partial charge is 0.348 e. The number of amides is 1. The van der Waals surface area contributed by atoms with E-state index in [-0.39, 0.29) is 17.8 Å². The molecule has 15 heavy (non-hydrogen) atoms. The molecule has 1 atom stereocenters. The quantitative estimate of drug-likeness (QED) is 0.798. The Morgan fingerprint density at radius 2 is 2.40 bits per heavy atom. The molecule has 5 heteroatoms. The molecule has 0 aliphatic rings. The van der Waals surface area contributed by atoms with E-state index in [0.717, 1.165) is 17.8 Å². The van der Waals surface area contributed by atoms with Gasteiger partial charge in [-0.3, -0.25) is 9.48 Å². The molecule has 0 bridgehead atoms. The average molecular weight is 230 g/mol. The van der Waals surface area contributed by atoms with E-state index < -0.39 is 0 Å². The highest BCUT2D eigenvalue weighted by molar-refractivity contribution is 6.27. The summed E-state index contributed by atoms with van der Waals surface area (Å²) < 4.78 is 1.90. The van der Waals surface area contributed by atoms with Crippen LogP contribution in [0.3, 0.4) is 0 Å². The van der Waals surface area contributed by atoms with Gasteiger partial charge in [-0.2, -0.15) is 5.10 Å². The first-order valence-electron chi connectivity index (χ1n) is 4.97. The van der Waals surface area contributed by atoms with E-state index in [1.165, 1.54) is 0 Å². The molecule has 1 N–H and O–H groups in total. The van der Waals surface area contributed by atoms with Crippen LogP contribution in [0.1, 0.15) is 31.1 Å². The maximum absolute atomic E-state index is 11.1. The van der Waals surface area contributed by atoms with Crippen LogP contribution in [0.4, 0.5) is 0 Å². The molecular formula is C10H16ClN3O. The smallest absolute Gasteiger partial charge is 0.235 e. The second kappa shape index (κ2) is 5.16. The third kappa shape index (κ3) is 2.72. The third-order valence-electron chi connectivity index (χ3n) is 2.41. The Bertz CT molecular complexity index is 348. The van der Waals surface area contributed by atoms with Crippen LogP contribution in [0.2, 0.25) is 0 Å². The SMILES string of the molecule is CCn1ncc(C(C)NC(=O)CCl)c1C. The lowest BCUT2D eigenvalue weighted by atomic mass is 10.1. The highest BCUT2D eigenvalue weighted by Crippen LogP contribution is 2.16. The first kappa shape index (κ1) is 12.0. The minimum Gasteiger partial charge on any atom is -0.348 e. The Labute approximate surface area is 94.6 Å². The lowest BCUT2D eigenvalue weighted by Gasteiger charge is -2.12. The predicted molar refractivity (Wildman–Crippen MR) is 59.9 cm³/mol. The van der Waals surface area contributed by atoms with E-state index in [9.17, 15) is 4.79 Å². The topological polar surface area (TPSA) is 46.9 Å². The fourth-order valence-corrected chi connectivity index (χ4v) is 1.64. The van der Waals surface area contributed by atoms with Crippen LogP contribution in [0.15, 0.2) is 6.20 Å². The standard InChI is InChI=1S/C10H16ClN3O/c1-4-14-8(3)9(6-12-14)7(2)13-10(15)5-11/h6-7H,4-5H2,1-3H3,(H,13,15). The summed E-state index contributed by atoms with van der Waals surface area (Å²) >= 11 is 5.42. The summed E-state index contributed by atoms with van der Waals surface area (Å²) in [4.78, 5) is 11.1. The van der Waals surface area contributed by atoms with Gasteiger partial charge in [0.05, 0.1) is 12.2 Å². The van der Waals surface area contributed by atoms with Crippen molar-refractivity contribution in [3.8, 4) is 0 Å². The maximum Gasteiger partial charge on any atom is 0.235 e. The molecule has 0 saturated heterocycles. The van der Waals surface area contributed by atoms with Gasteiger partial charge in [0.15, 0.2) is 0 Å². The normalized spacial score (nSPS) is 12.5. The van der Waals surface area contributed by atoms with Crippen molar-refractivity contribution < 1.29 is 4.79 Å². The van der Waals surface area contributed by atoms with Gasteiger partial charge in [0.25, 0.3) is 0 Å². The molecule has 1 rings (SSSR count). The minimum absolute atomic E-state index is 0.00863. The van der Waals surface area contributed by atoms with Crippen molar-refractivity contribution in [2.24, 2.45) is 0 Å². The molecule has 0 fully saturated rings. The van der Waals surface area contributed by atoms with Crippen LogP contribution in [0.25, 0.3) is 0 Å². The molecule has 0 spiro atoms. The summed E-state index contributed by atoms with van der Waals surface area (Å²) in [6.07, 6.45) is 1.79. The monoisotopic (exact) mass is 229 g/mol. The third-order valence-corrected chi connectivity index (χ3v) is 2.65. The molecule has 1 amide bonds. The van der Waals surface area contributed by atoms with Crippen molar-refractivity contribution in [3.05, 3.63) is 17.5 Å². The number of nitrogens with one attached hydrogen (secondary N) is 1. The van der Waals surface area contributed by atoms with Crippen molar-refractivity contribution in [2.45, 2.75) is 33.4 Å². The molecule has 1 heterocycles. The molecule has 0 saturated carbocycles. The first-order valence-corrected chi connectivity index (χ1v) is 5.51. The maximum atomic E-state index is 11.1. The molecule has 4 nitrogen and oxygen atoms in total. The number of carbonyl (C=O) groups is 1. The zero-order valence-corrected chi connectivity index (χ0v) is 10.0. The fraction of sp³-hybridized carbons (Fsp3) is 0.600. The van der Waals surface area contributed by atoms with Crippen molar-refractivity contribution in [3.63, 3.8) is 0 Å². The summed E-state index contributed by atoms with van der Waals surface area (Å²) in [5.74, 6) is -0.168. The summed E-state index contributed by atoms with van der Waals surface area (Å²) in [7, 11) is 0. The number of aromatic nitrogens is 2. The van der Waals surface area contributed by atoms with Gasteiger partial charge in [-0.15, -0.1) is 11.6 Å². The van der Waals surface area contributed by atoms with Crippen LogP contribution in [-0.4, -0.2) is 21.6 Å². The number of aryl methyl sites for hydroxylation is 1. The highest BCUT2D eigenvalue weighted by Gasteiger charge is 2.14.